The number of pyridine rings is 1. The standard InChI is InChI=1S/C22H26ClFN5O2.CH3F/c1-16-13-26-21(27-15-19(24)20-8-3-4-10-29(20)31-2)22(30)28(16)11-9-25-14-17-6-5-7-18(23)12-17;1-2/h3-8,10,12-13,19,25H,9,11,14-15H2,1-2H3,(H,26,27);1H3/q+1;. The Kier molecular flexibility index (Phi) is 10.7. The summed E-state index contributed by atoms with van der Waals surface area (Å²) in [4.78, 5) is 22.1. The number of nitrogens with one attached hydrogen (secondary N) is 2. The maximum Gasteiger partial charge on any atom is 0.293 e. The van der Waals surface area contributed by atoms with Crippen molar-refractivity contribution in [2.24, 2.45) is 0 Å². The molecule has 2 aromatic heterocycles. The van der Waals surface area contributed by atoms with Crippen LogP contribution in [-0.4, -0.2) is 36.9 Å². The van der Waals surface area contributed by atoms with Crippen molar-refractivity contribution in [3.8, 4) is 0 Å². The third kappa shape index (κ3) is 7.50. The molecule has 0 saturated heterocycles. The molecule has 33 heavy (non-hydrogen) atoms. The van der Waals surface area contributed by atoms with Gasteiger partial charge in [-0.25, -0.2) is 9.37 Å². The highest BCUT2D eigenvalue weighted by molar-refractivity contribution is 6.30. The summed E-state index contributed by atoms with van der Waals surface area (Å²) < 4.78 is 27.2. The van der Waals surface area contributed by atoms with E-state index >= 15 is 0 Å². The first-order valence-corrected chi connectivity index (χ1v) is 10.7. The number of nitrogens with zero attached hydrogens (tertiary/aromatic N) is 3. The second-order valence-electron chi connectivity index (χ2n) is 6.99. The van der Waals surface area contributed by atoms with E-state index < -0.39 is 6.17 Å². The van der Waals surface area contributed by atoms with E-state index in [2.05, 4.69) is 15.6 Å². The van der Waals surface area contributed by atoms with Crippen LogP contribution in [0.4, 0.5) is 14.6 Å². The molecule has 0 amide bonds. The molecule has 1 unspecified atom stereocenters. The Morgan fingerprint density at radius 3 is 2.76 bits per heavy atom. The Labute approximate surface area is 197 Å². The van der Waals surface area contributed by atoms with E-state index in [0.717, 1.165) is 11.3 Å². The van der Waals surface area contributed by atoms with Gasteiger partial charge in [-0.2, -0.15) is 0 Å². The molecule has 3 aromatic rings. The number of hydrogen-bond donors (Lipinski definition) is 2. The fourth-order valence-electron chi connectivity index (χ4n) is 3.18. The number of aromatic nitrogens is 3. The van der Waals surface area contributed by atoms with Crippen molar-refractivity contribution >= 4 is 17.4 Å². The second-order valence-corrected chi connectivity index (χ2v) is 7.43. The van der Waals surface area contributed by atoms with Gasteiger partial charge < -0.3 is 15.2 Å². The maximum absolute atomic E-state index is 14.7. The highest BCUT2D eigenvalue weighted by Crippen LogP contribution is 2.13. The van der Waals surface area contributed by atoms with Crippen molar-refractivity contribution in [2.45, 2.75) is 26.2 Å². The number of anilines is 1. The first-order valence-electron chi connectivity index (χ1n) is 10.3. The molecule has 0 aliphatic carbocycles. The lowest BCUT2D eigenvalue weighted by Crippen LogP contribution is -2.45. The Balaban J connectivity index is 0.00000187. The van der Waals surface area contributed by atoms with Crippen molar-refractivity contribution < 1.29 is 18.3 Å². The third-order valence-corrected chi connectivity index (χ3v) is 5.04. The molecule has 0 bridgehead atoms. The fourth-order valence-corrected chi connectivity index (χ4v) is 3.39. The maximum atomic E-state index is 14.7. The van der Waals surface area contributed by atoms with Crippen LogP contribution in [0.3, 0.4) is 0 Å². The molecule has 178 valence electrons. The average Bonchev–Trinajstić information content (AvgIpc) is 2.84. The third-order valence-electron chi connectivity index (χ3n) is 4.80. The van der Waals surface area contributed by atoms with Gasteiger partial charge in [-0.3, -0.25) is 14.0 Å². The minimum atomic E-state index is -1.38. The number of rotatable bonds is 10. The molecule has 3 rings (SSSR count). The summed E-state index contributed by atoms with van der Waals surface area (Å²) in [6.45, 7) is 3.40. The lowest BCUT2D eigenvalue weighted by Gasteiger charge is -2.13. The quantitative estimate of drug-likeness (QED) is 0.345. The second kappa shape index (κ2) is 13.5. The summed E-state index contributed by atoms with van der Waals surface area (Å²) in [7, 11) is 1.96. The molecule has 0 aliphatic rings. The summed E-state index contributed by atoms with van der Waals surface area (Å²) in [6.07, 6.45) is 1.85. The molecule has 1 aromatic carbocycles. The molecule has 7 nitrogen and oxygen atoms in total. The van der Waals surface area contributed by atoms with Crippen molar-refractivity contribution in [2.75, 3.05) is 32.7 Å². The summed E-state index contributed by atoms with van der Waals surface area (Å²) in [6, 6.07) is 12.7. The van der Waals surface area contributed by atoms with Crippen LogP contribution in [-0.2, 0) is 13.1 Å². The average molecular weight is 481 g/mol. The van der Waals surface area contributed by atoms with Crippen molar-refractivity contribution in [1.29, 1.82) is 0 Å². The predicted molar refractivity (Wildman–Crippen MR) is 125 cm³/mol. The fraction of sp³-hybridized carbons (Fsp3) is 0.348. The summed E-state index contributed by atoms with van der Waals surface area (Å²) in [5.41, 5.74) is 1.86. The van der Waals surface area contributed by atoms with Crippen molar-refractivity contribution in [1.82, 2.24) is 14.9 Å². The Morgan fingerprint density at radius 1 is 1.24 bits per heavy atom. The molecule has 0 aliphatic heterocycles. The van der Waals surface area contributed by atoms with Crippen molar-refractivity contribution in [3.05, 3.63) is 87.2 Å². The summed E-state index contributed by atoms with van der Waals surface area (Å²) in [5.74, 6) is 0.114. The van der Waals surface area contributed by atoms with Crippen LogP contribution in [0.15, 0.2) is 59.7 Å². The zero-order valence-corrected chi connectivity index (χ0v) is 19.6. The van der Waals surface area contributed by atoms with Crippen LogP contribution >= 0.6 is 11.6 Å². The SMILES string of the molecule is CF.CO[n+]1ccccc1C(F)CNc1ncc(C)n(CCNCc2cccc(Cl)c2)c1=O. The van der Waals surface area contributed by atoms with Crippen molar-refractivity contribution in [3.63, 3.8) is 0 Å². The molecule has 2 heterocycles. The van der Waals surface area contributed by atoms with Crippen LogP contribution in [0.1, 0.15) is 23.1 Å². The number of alkyl halides is 2. The monoisotopic (exact) mass is 480 g/mol. The molecule has 2 N–H and O–H groups in total. The largest absolute Gasteiger partial charge is 0.362 e. The van der Waals surface area contributed by atoms with Crippen LogP contribution in [0.25, 0.3) is 0 Å². The van der Waals surface area contributed by atoms with Gasteiger partial charge in [0.05, 0.1) is 13.7 Å². The van der Waals surface area contributed by atoms with E-state index in [1.165, 1.54) is 11.8 Å². The zero-order valence-electron chi connectivity index (χ0n) is 18.9. The first-order chi connectivity index (χ1) is 16.0. The van der Waals surface area contributed by atoms with E-state index in [0.29, 0.717) is 37.5 Å². The molecular weight excluding hydrogens is 452 g/mol. The molecule has 10 heteroatoms. The number of halogens is 3. The number of benzene rings is 1. The Bertz CT molecular complexity index is 1080. The Hall–Kier alpha value is -3.04. The van der Waals surface area contributed by atoms with Gasteiger partial charge in [0, 0.05) is 53.4 Å². The van der Waals surface area contributed by atoms with E-state index in [1.807, 2.05) is 31.2 Å². The van der Waals surface area contributed by atoms with E-state index in [9.17, 15) is 13.6 Å². The Morgan fingerprint density at radius 2 is 2.03 bits per heavy atom. The zero-order chi connectivity index (χ0) is 24.2. The van der Waals surface area contributed by atoms with Gasteiger partial charge in [0.1, 0.15) is 7.11 Å². The van der Waals surface area contributed by atoms with Gasteiger partial charge in [-0.1, -0.05) is 23.7 Å². The normalized spacial score (nSPS) is 11.3. The van der Waals surface area contributed by atoms with Crippen LogP contribution in [0.2, 0.25) is 5.02 Å². The topological polar surface area (TPSA) is 72.1 Å². The van der Waals surface area contributed by atoms with Crippen LogP contribution < -0.4 is 25.8 Å². The minimum Gasteiger partial charge on any atom is -0.362 e. The van der Waals surface area contributed by atoms with Gasteiger partial charge in [0.25, 0.3) is 11.3 Å². The highest BCUT2D eigenvalue weighted by atomic mass is 35.5. The van der Waals surface area contributed by atoms with Gasteiger partial charge >= 0.3 is 0 Å². The first kappa shape index (κ1) is 26.2. The lowest BCUT2D eigenvalue weighted by molar-refractivity contribution is -0.892. The van der Waals surface area contributed by atoms with E-state index in [1.54, 1.807) is 35.2 Å². The van der Waals surface area contributed by atoms with Gasteiger partial charge in [-0.05, 0) is 30.7 Å². The molecule has 1 atom stereocenters. The number of aryl methyl sites for hydroxylation is 1. The summed E-state index contributed by atoms with van der Waals surface area (Å²) >= 11 is 6.00. The van der Waals surface area contributed by atoms with Gasteiger partial charge in [0.2, 0.25) is 12.4 Å². The van der Waals surface area contributed by atoms with Gasteiger partial charge in [0.15, 0.2) is 5.82 Å². The van der Waals surface area contributed by atoms with Crippen LogP contribution in [0.5, 0.6) is 0 Å². The molecule has 0 saturated carbocycles. The molecule has 0 spiro atoms. The molecular formula is C23H29ClF2N5O2+. The predicted octanol–water partition coefficient (Wildman–Crippen LogP) is 3.05. The summed E-state index contributed by atoms with van der Waals surface area (Å²) in [5, 5.41) is 6.82. The highest BCUT2D eigenvalue weighted by Gasteiger charge is 2.23. The van der Waals surface area contributed by atoms with Crippen LogP contribution in [0, 0.1) is 6.92 Å². The number of hydrogen-bond acceptors (Lipinski definition) is 5. The lowest BCUT2D eigenvalue weighted by atomic mass is 10.2. The minimum absolute atomic E-state index is 0.105. The van der Waals surface area contributed by atoms with E-state index in [-0.39, 0.29) is 17.9 Å². The molecule has 0 radical (unpaired) electrons. The van der Waals surface area contributed by atoms with Gasteiger partial charge in [-0.15, -0.1) is 0 Å². The smallest absolute Gasteiger partial charge is 0.293 e. The molecule has 0 fully saturated rings. The van der Waals surface area contributed by atoms with E-state index in [4.69, 9.17) is 16.4 Å².